The summed E-state index contributed by atoms with van der Waals surface area (Å²) in [7, 11) is 1.55. The van der Waals surface area contributed by atoms with E-state index in [-0.39, 0.29) is 24.3 Å². The van der Waals surface area contributed by atoms with E-state index in [1.807, 2.05) is 6.92 Å². The van der Waals surface area contributed by atoms with Crippen molar-refractivity contribution in [3.05, 3.63) is 34.9 Å². The molecule has 20 heavy (non-hydrogen) atoms. The van der Waals surface area contributed by atoms with Gasteiger partial charge in [0.25, 0.3) is 0 Å². The topological polar surface area (TPSA) is 30.5 Å². The smallest absolute Gasteiger partial charge is 0.368 e. The highest BCUT2D eigenvalue weighted by Crippen LogP contribution is 2.47. The summed E-state index contributed by atoms with van der Waals surface area (Å²) < 4.78 is 50.4. The summed E-state index contributed by atoms with van der Waals surface area (Å²) >= 11 is 0. The molecule has 0 aliphatic carbocycles. The van der Waals surface area contributed by atoms with Gasteiger partial charge in [0.1, 0.15) is 6.23 Å². The SMILES string of the molecule is COC1NCC2(C)OCc3c(cccc3C(F)(F)F)C12. The molecule has 0 bridgehead atoms. The lowest BCUT2D eigenvalue weighted by Crippen LogP contribution is -2.42. The van der Waals surface area contributed by atoms with Gasteiger partial charge in [0, 0.05) is 13.7 Å². The lowest BCUT2D eigenvalue weighted by Gasteiger charge is -2.39. The third kappa shape index (κ3) is 1.94. The second kappa shape index (κ2) is 4.44. The molecule has 2 heterocycles. The Labute approximate surface area is 115 Å². The summed E-state index contributed by atoms with van der Waals surface area (Å²) in [5, 5.41) is 3.16. The van der Waals surface area contributed by atoms with E-state index in [9.17, 15) is 13.2 Å². The molecule has 1 fully saturated rings. The van der Waals surface area contributed by atoms with Crippen LogP contribution in [0.25, 0.3) is 0 Å². The van der Waals surface area contributed by atoms with Gasteiger partial charge in [-0.2, -0.15) is 13.2 Å². The summed E-state index contributed by atoms with van der Waals surface area (Å²) in [5.41, 5.74) is -0.241. The zero-order valence-electron chi connectivity index (χ0n) is 11.3. The molecule has 0 radical (unpaired) electrons. The third-order valence-electron chi connectivity index (χ3n) is 4.27. The number of fused-ring (bicyclic) bond motifs is 3. The summed E-state index contributed by atoms with van der Waals surface area (Å²) in [5.74, 6) is -0.237. The molecule has 1 aromatic carbocycles. The highest BCUT2D eigenvalue weighted by Gasteiger charge is 2.51. The molecule has 2 aliphatic heterocycles. The number of rotatable bonds is 1. The van der Waals surface area contributed by atoms with Crippen molar-refractivity contribution >= 4 is 0 Å². The van der Waals surface area contributed by atoms with Crippen LogP contribution < -0.4 is 5.32 Å². The maximum atomic E-state index is 13.1. The molecule has 6 heteroatoms. The second-order valence-electron chi connectivity index (χ2n) is 5.49. The Morgan fingerprint density at radius 3 is 2.80 bits per heavy atom. The fraction of sp³-hybridized carbons (Fsp3) is 0.571. The van der Waals surface area contributed by atoms with Crippen LogP contribution in [0.1, 0.15) is 29.5 Å². The Kier molecular flexibility index (Phi) is 3.08. The molecule has 0 saturated carbocycles. The van der Waals surface area contributed by atoms with Crippen molar-refractivity contribution in [2.75, 3.05) is 13.7 Å². The van der Waals surface area contributed by atoms with Crippen LogP contribution in [-0.2, 0) is 22.3 Å². The van der Waals surface area contributed by atoms with Crippen LogP contribution in [0.2, 0.25) is 0 Å². The maximum Gasteiger partial charge on any atom is 0.416 e. The maximum absolute atomic E-state index is 13.1. The van der Waals surface area contributed by atoms with E-state index < -0.39 is 17.3 Å². The van der Waals surface area contributed by atoms with E-state index in [4.69, 9.17) is 9.47 Å². The fourth-order valence-electron chi connectivity index (χ4n) is 3.26. The number of alkyl halides is 3. The molecule has 0 amide bonds. The number of hydrogen-bond acceptors (Lipinski definition) is 3. The Bertz CT molecular complexity index is 532. The van der Waals surface area contributed by atoms with Crippen LogP contribution in [0.15, 0.2) is 18.2 Å². The van der Waals surface area contributed by atoms with Gasteiger partial charge >= 0.3 is 6.18 Å². The largest absolute Gasteiger partial charge is 0.416 e. The molecular formula is C14H16F3NO2. The van der Waals surface area contributed by atoms with E-state index in [0.717, 1.165) is 6.07 Å². The molecule has 3 rings (SSSR count). The molecule has 3 unspecified atom stereocenters. The molecule has 2 aliphatic rings. The molecular weight excluding hydrogens is 271 g/mol. The first kappa shape index (κ1) is 13.9. The van der Waals surface area contributed by atoms with Crippen LogP contribution in [0.4, 0.5) is 13.2 Å². The van der Waals surface area contributed by atoms with Crippen LogP contribution >= 0.6 is 0 Å². The van der Waals surface area contributed by atoms with Crippen molar-refractivity contribution in [3.8, 4) is 0 Å². The van der Waals surface area contributed by atoms with E-state index in [0.29, 0.717) is 12.1 Å². The number of ether oxygens (including phenoxy) is 2. The van der Waals surface area contributed by atoms with Crippen LogP contribution in [-0.4, -0.2) is 25.5 Å². The fourth-order valence-corrected chi connectivity index (χ4v) is 3.26. The zero-order valence-corrected chi connectivity index (χ0v) is 11.3. The number of hydrogen-bond donors (Lipinski definition) is 1. The Balaban J connectivity index is 2.13. The normalized spacial score (nSPS) is 32.9. The average Bonchev–Trinajstić information content (AvgIpc) is 2.74. The molecule has 1 aromatic rings. The minimum absolute atomic E-state index is 0.0177. The minimum atomic E-state index is -4.36. The van der Waals surface area contributed by atoms with Crippen molar-refractivity contribution in [1.82, 2.24) is 5.32 Å². The number of nitrogens with one attached hydrogen (secondary N) is 1. The Hall–Kier alpha value is -1.11. The third-order valence-corrected chi connectivity index (χ3v) is 4.27. The first-order valence-electron chi connectivity index (χ1n) is 6.46. The quantitative estimate of drug-likeness (QED) is 0.861. The predicted octanol–water partition coefficient (Wildman–Crippen LogP) is 2.65. The summed E-state index contributed by atoms with van der Waals surface area (Å²) in [4.78, 5) is 0. The lowest BCUT2D eigenvalue weighted by atomic mass is 9.79. The number of benzene rings is 1. The first-order valence-corrected chi connectivity index (χ1v) is 6.46. The number of halogens is 3. The Morgan fingerprint density at radius 2 is 2.15 bits per heavy atom. The molecule has 3 atom stereocenters. The zero-order chi connectivity index (χ0) is 14.5. The average molecular weight is 287 g/mol. The van der Waals surface area contributed by atoms with Crippen LogP contribution in [0.3, 0.4) is 0 Å². The van der Waals surface area contributed by atoms with Gasteiger partial charge in [-0.3, -0.25) is 5.32 Å². The second-order valence-corrected chi connectivity index (χ2v) is 5.49. The highest BCUT2D eigenvalue weighted by atomic mass is 19.4. The van der Waals surface area contributed by atoms with Crippen LogP contribution in [0.5, 0.6) is 0 Å². The van der Waals surface area contributed by atoms with Gasteiger partial charge in [0.2, 0.25) is 0 Å². The summed E-state index contributed by atoms with van der Waals surface area (Å²) in [6.07, 6.45) is -4.70. The van der Waals surface area contributed by atoms with E-state index in [2.05, 4.69) is 5.32 Å². The van der Waals surface area contributed by atoms with Crippen molar-refractivity contribution in [2.24, 2.45) is 0 Å². The molecule has 1 saturated heterocycles. The molecule has 110 valence electrons. The van der Waals surface area contributed by atoms with Gasteiger partial charge in [-0.1, -0.05) is 12.1 Å². The molecule has 0 spiro atoms. The minimum Gasteiger partial charge on any atom is -0.368 e. The molecule has 0 aromatic heterocycles. The van der Waals surface area contributed by atoms with Gasteiger partial charge in [-0.05, 0) is 24.1 Å². The molecule has 1 N–H and O–H groups in total. The van der Waals surface area contributed by atoms with E-state index in [1.54, 1.807) is 13.2 Å². The van der Waals surface area contributed by atoms with Crippen molar-refractivity contribution in [1.29, 1.82) is 0 Å². The van der Waals surface area contributed by atoms with Gasteiger partial charge < -0.3 is 9.47 Å². The van der Waals surface area contributed by atoms with Gasteiger partial charge in [0.05, 0.1) is 23.7 Å². The highest BCUT2D eigenvalue weighted by molar-refractivity contribution is 5.43. The van der Waals surface area contributed by atoms with Crippen molar-refractivity contribution < 1.29 is 22.6 Å². The summed E-state index contributed by atoms with van der Waals surface area (Å²) in [6.45, 7) is 2.45. The van der Waals surface area contributed by atoms with Crippen molar-refractivity contribution in [2.45, 2.75) is 37.5 Å². The molecule has 3 nitrogen and oxygen atoms in total. The van der Waals surface area contributed by atoms with Crippen LogP contribution in [0, 0.1) is 0 Å². The monoisotopic (exact) mass is 287 g/mol. The standard InChI is InChI=1S/C14H16F3NO2/c1-13-7-18-12(19-2)11(13)8-4-3-5-10(14(15,16)17)9(8)6-20-13/h3-5,11-12,18H,6-7H2,1-2H3. The van der Waals surface area contributed by atoms with Gasteiger partial charge in [0.15, 0.2) is 0 Å². The van der Waals surface area contributed by atoms with E-state index >= 15 is 0 Å². The Morgan fingerprint density at radius 1 is 1.40 bits per heavy atom. The number of methoxy groups -OCH3 is 1. The lowest BCUT2D eigenvalue weighted by molar-refractivity contribution is -0.141. The van der Waals surface area contributed by atoms with Crippen molar-refractivity contribution in [3.63, 3.8) is 0 Å². The van der Waals surface area contributed by atoms with Gasteiger partial charge in [-0.25, -0.2) is 0 Å². The van der Waals surface area contributed by atoms with Gasteiger partial charge in [-0.15, -0.1) is 0 Å². The van der Waals surface area contributed by atoms with E-state index in [1.165, 1.54) is 6.07 Å². The predicted molar refractivity (Wildman–Crippen MR) is 66.2 cm³/mol. The first-order chi connectivity index (χ1) is 9.37. The summed E-state index contributed by atoms with van der Waals surface area (Å²) in [6, 6.07) is 4.31.